The molecule has 0 radical (unpaired) electrons. The van der Waals surface area contributed by atoms with Crippen LogP contribution in [0.2, 0.25) is 0 Å². The molecule has 17 heavy (non-hydrogen) atoms. The van der Waals surface area contributed by atoms with Crippen LogP contribution in [-0.2, 0) is 0 Å². The first-order chi connectivity index (χ1) is 7.74. The van der Waals surface area contributed by atoms with Crippen LogP contribution in [0.25, 0.3) is 0 Å². The molecule has 4 nitrogen and oxygen atoms in total. The van der Waals surface area contributed by atoms with Gasteiger partial charge in [-0.3, -0.25) is 4.79 Å². The van der Waals surface area contributed by atoms with Gasteiger partial charge in [-0.05, 0) is 6.07 Å². The molecule has 1 aromatic rings. The summed E-state index contributed by atoms with van der Waals surface area (Å²) in [5.41, 5.74) is -2.08. The summed E-state index contributed by atoms with van der Waals surface area (Å²) in [6.45, 7) is 0. The van der Waals surface area contributed by atoms with E-state index in [-0.39, 0.29) is 6.29 Å². The molecule has 0 atom stereocenters. The zero-order chi connectivity index (χ0) is 13.2. The molecule has 1 N–H and O–H groups in total. The third-order valence-corrected chi connectivity index (χ3v) is 1.58. The Bertz CT molecular complexity index is 432. The smallest absolute Gasteiger partial charge is 0.506 e. The van der Waals surface area contributed by atoms with Crippen LogP contribution in [0.4, 0.5) is 22.0 Å². The van der Waals surface area contributed by atoms with Gasteiger partial charge in [0.1, 0.15) is 11.4 Å². The zero-order valence-corrected chi connectivity index (χ0v) is 7.83. The van der Waals surface area contributed by atoms with Gasteiger partial charge >= 0.3 is 6.36 Å². The molecule has 94 valence electrons. The first-order valence-corrected chi connectivity index (χ1v) is 3.97. The molecule has 1 aromatic heterocycles. The lowest BCUT2D eigenvalue weighted by molar-refractivity contribution is -0.276. The number of aromatic nitrogens is 1. The van der Waals surface area contributed by atoms with E-state index in [1.807, 2.05) is 0 Å². The molecular weight excluding hydrogens is 253 g/mol. The van der Waals surface area contributed by atoms with E-state index in [2.05, 4.69) is 9.72 Å². The highest BCUT2D eigenvalue weighted by Gasteiger charge is 2.34. The van der Waals surface area contributed by atoms with Gasteiger partial charge in [0.2, 0.25) is 5.88 Å². The van der Waals surface area contributed by atoms with Crippen molar-refractivity contribution in [2.24, 2.45) is 0 Å². The van der Waals surface area contributed by atoms with Gasteiger partial charge in [-0.25, -0.2) is 13.8 Å². The fourth-order valence-electron chi connectivity index (χ4n) is 0.949. The third-order valence-electron chi connectivity index (χ3n) is 1.58. The number of aldehydes is 1. The van der Waals surface area contributed by atoms with Gasteiger partial charge in [0, 0.05) is 0 Å². The summed E-state index contributed by atoms with van der Waals surface area (Å²) >= 11 is 0. The van der Waals surface area contributed by atoms with Gasteiger partial charge in [-0.2, -0.15) is 0 Å². The average molecular weight is 257 g/mol. The maximum atomic E-state index is 12.3. The summed E-state index contributed by atoms with van der Waals surface area (Å²) in [5, 5.41) is 9.00. The normalized spacial score (nSPS) is 11.6. The van der Waals surface area contributed by atoms with Crippen molar-refractivity contribution in [1.29, 1.82) is 0 Å². The van der Waals surface area contributed by atoms with E-state index in [0.29, 0.717) is 6.07 Å². The number of nitrogens with zero attached hydrogens (tertiary/aromatic N) is 1. The Kier molecular flexibility index (Phi) is 3.49. The van der Waals surface area contributed by atoms with Crippen molar-refractivity contribution in [2.45, 2.75) is 12.8 Å². The van der Waals surface area contributed by atoms with Gasteiger partial charge in [0.05, 0.1) is 5.56 Å². The second-order valence-electron chi connectivity index (χ2n) is 2.75. The summed E-state index contributed by atoms with van der Waals surface area (Å²) in [6, 6.07) is 0.294. The van der Waals surface area contributed by atoms with Crippen molar-refractivity contribution in [2.75, 3.05) is 0 Å². The molecule has 0 aliphatic rings. The van der Waals surface area contributed by atoms with Crippen LogP contribution in [0.15, 0.2) is 6.07 Å². The van der Waals surface area contributed by atoms with Gasteiger partial charge in [0.25, 0.3) is 6.43 Å². The third kappa shape index (κ3) is 3.26. The zero-order valence-electron chi connectivity index (χ0n) is 7.83. The maximum absolute atomic E-state index is 12.3. The van der Waals surface area contributed by atoms with Crippen molar-refractivity contribution >= 4 is 6.29 Å². The minimum Gasteiger partial charge on any atom is -0.506 e. The molecule has 0 bridgehead atoms. The molecule has 0 aliphatic heterocycles. The highest BCUT2D eigenvalue weighted by molar-refractivity contribution is 5.76. The second kappa shape index (κ2) is 4.52. The Morgan fingerprint density at radius 3 is 2.41 bits per heavy atom. The molecule has 1 heterocycles. The molecular formula is C8H4F5NO3. The summed E-state index contributed by atoms with van der Waals surface area (Å²) < 4.78 is 63.5. The van der Waals surface area contributed by atoms with E-state index in [1.54, 1.807) is 0 Å². The summed E-state index contributed by atoms with van der Waals surface area (Å²) in [6.07, 6.45) is -8.66. The summed E-state index contributed by atoms with van der Waals surface area (Å²) in [7, 11) is 0. The van der Waals surface area contributed by atoms with Crippen molar-refractivity contribution in [3.63, 3.8) is 0 Å². The Labute approximate surface area is 90.6 Å². The molecule has 0 aromatic carbocycles. The van der Waals surface area contributed by atoms with E-state index in [0.717, 1.165) is 0 Å². The van der Waals surface area contributed by atoms with Crippen molar-refractivity contribution in [3.05, 3.63) is 17.3 Å². The SMILES string of the molecule is O=Cc1nc(OC(F)(F)F)c(C(F)F)cc1O. The van der Waals surface area contributed by atoms with Crippen LogP contribution in [0.5, 0.6) is 11.6 Å². The Hall–Kier alpha value is -1.93. The van der Waals surface area contributed by atoms with Crippen molar-refractivity contribution < 1.29 is 36.6 Å². The molecule has 0 spiro atoms. The fraction of sp³-hybridized carbons (Fsp3) is 0.250. The van der Waals surface area contributed by atoms with E-state index in [4.69, 9.17) is 5.11 Å². The Balaban J connectivity index is 3.29. The minimum absolute atomic E-state index is 0.0895. The lowest BCUT2D eigenvalue weighted by Crippen LogP contribution is -2.19. The van der Waals surface area contributed by atoms with Crippen LogP contribution in [0.3, 0.4) is 0 Å². The number of pyridine rings is 1. The second-order valence-corrected chi connectivity index (χ2v) is 2.75. The fourth-order valence-corrected chi connectivity index (χ4v) is 0.949. The number of aromatic hydroxyl groups is 1. The van der Waals surface area contributed by atoms with E-state index < -0.39 is 35.7 Å². The van der Waals surface area contributed by atoms with Crippen molar-refractivity contribution in [3.8, 4) is 11.6 Å². The van der Waals surface area contributed by atoms with Gasteiger partial charge in [0.15, 0.2) is 6.29 Å². The van der Waals surface area contributed by atoms with E-state index in [1.165, 1.54) is 0 Å². The van der Waals surface area contributed by atoms with E-state index >= 15 is 0 Å². The predicted molar refractivity (Wildman–Crippen MR) is 42.9 cm³/mol. The topological polar surface area (TPSA) is 59.4 Å². The monoisotopic (exact) mass is 257 g/mol. The first kappa shape index (κ1) is 13.1. The van der Waals surface area contributed by atoms with Crippen LogP contribution in [-0.4, -0.2) is 22.7 Å². The lowest BCUT2D eigenvalue weighted by atomic mass is 10.2. The Morgan fingerprint density at radius 2 is 2.00 bits per heavy atom. The first-order valence-electron chi connectivity index (χ1n) is 3.97. The lowest BCUT2D eigenvalue weighted by Gasteiger charge is -2.12. The number of ether oxygens (including phenoxy) is 1. The molecule has 0 saturated carbocycles. The average Bonchev–Trinajstić information content (AvgIpc) is 2.17. The maximum Gasteiger partial charge on any atom is 0.574 e. The highest BCUT2D eigenvalue weighted by atomic mass is 19.4. The van der Waals surface area contributed by atoms with Gasteiger partial charge < -0.3 is 9.84 Å². The number of halogens is 5. The number of carbonyl (C=O) groups excluding carboxylic acids is 1. The number of alkyl halides is 5. The minimum atomic E-state index is -5.23. The number of carbonyl (C=O) groups is 1. The molecule has 0 amide bonds. The number of hydrogen-bond donors (Lipinski definition) is 1. The standard InChI is InChI=1S/C8H4F5NO3/c9-6(10)3-1-5(16)4(2-15)14-7(3)17-8(11,12)13/h1-2,6,16H. The molecule has 0 aliphatic carbocycles. The highest BCUT2D eigenvalue weighted by Crippen LogP contribution is 2.34. The van der Waals surface area contributed by atoms with Gasteiger partial charge in [-0.1, -0.05) is 0 Å². The summed E-state index contributed by atoms with van der Waals surface area (Å²) in [5.74, 6) is -2.42. The number of rotatable bonds is 3. The number of hydrogen-bond acceptors (Lipinski definition) is 4. The largest absolute Gasteiger partial charge is 0.574 e. The quantitative estimate of drug-likeness (QED) is 0.667. The molecule has 0 saturated heterocycles. The summed E-state index contributed by atoms with van der Waals surface area (Å²) in [4.78, 5) is 13.1. The Morgan fingerprint density at radius 1 is 1.41 bits per heavy atom. The molecule has 0 unspecified atom stereocenters. The van der Waals surface area contributed by atoms with Crippen LogP contribution in [0.1, 0.15) is 22.5 Å². The van der Waals surface area contributed by atoms with Crippen LogP contribution < -0.4 is 4.74 Å². The van der Waals surface area contributed by atoms with E-state index in [9.17, 15) is 26.7 Å². The predicted octanol–water partition coefficient (Wildman–Crippen LogP) is 2.44. The van der Waals surface area contributed by atoms with Crippen molar-refractivity contribution in [1.82, 2.24) is 4.98 Å². The molecule has 1 rings (SSSR count). The molecule has 0 fully saturated rings. The molecule has 9 heteroatoms. The van der Waals surface area contributed by atoms with Crippen LogP contribution in [0, 0.1) is 0 Å². The van der Waals surface area contributed by atoms with Crippen LogP contribution >= 0.6 is 0 Å². The van der Waals surface area contributed by atoms with Gasteiger partial charge in [-0.15, -0.1) is 13.2 Å².